The SMILES string of the molecule is C[C@]12CC[C@@H]3c4ccc(NC(=O)O)cc4CC[C@H]3[C@@H]1CCC2=O. The molecule has 0 saturated heterocycles. The summed E-state index contributed by atoms with van der Waals surface area (Å²) < 4.78 is 0. The Morgan fingerprint density at radius 2 is 2.09 bits per heavy atom. The van der Waals surface area contributed by atoms with Crippen LogP contribution in [0.25, 0.3) is 0 Å². The van der Waals surface area contributed by atoms with Crippen molar-refractivity contribution in [1.29, 1.82) is 0 Å². The number of hydrogen-bond donors (Lipinski definition) is 2. The number of amides is 1. The first-order valence-corrected chi connectivity index (χ1v) is 8.65. The van der Waals surface area contributed by atoms with Gasteiger partial charge in [-0.15, -0.1) is 0 Å². The van der Waals surface area contributed by atoms with Crippen LogP contribution in [0, 0.1) is 17.3 Å². The number of rotatable bonds is 1. The van der Waals surface area contributed by atoms with Crippen LogP contribution in [0.5, 0.6) is 0 Å². The van der Waals surface area contributed by atoms with Gasteiger partial charge >= 0.3 is 6.09 Å². The zero-order valence-electron chi connectivity index (χ0n) is 13.5. The maximum Gasteiger partial charge on any atom is 0.409 e. The summed E-state index contributed by atoms with van der Waals surface area (Å²) in [6.45, 7) is 2.19. The van der Waals surface area contributed by atoms with Crippen molar-refractivity contribution in [2.24, 2.45) is 17.3 Å². The van der Waals surface area contributed by atoms with Gasteiger partial charge in [0.15, 0.2) is 0 Å². The quantitative estimate of drug-likeness (QED) is 0.816. The van der Waals surface area contributed by atoms with Crippen LogP contribution in [-0.4, -0.2) is 17.0 Å². The fraction of sp³-hybridized carbons (Fsp3) is 0.579. The molecule has 0 spiro atoms. The fourth-order valence-corrected chi connectivity index (χ4v) is 5.55. The molecule has 3 aliphatic rings. The Balaban J connectivity index is 1.65. The van der Waals surface area contributed by atoms with E-state index in [2.05, 4.69) is 18.3 Å². The van der Waals surface area contributed by atoms with Gasteiger partial charge in [-0.25, -0.2) is 4.79 Å². The Labute approximate surface area is 136 Å². The van der Waals surface area contributed by atoms with Gasteiger partial charge in [-0.05, 0) is 73.1 Å². The van der Waals surface area contributed by atoms with Crippen LogP contribution >= 0.6 is 0 Å². The molecule has 1 aromatic carbocycles. The van der Waals surface area contributed by atoms with Gasteiger partial charge in [-0.1, -0.05) is 13.0 Å². The Kier molecular flexibility index (Phi) is 3.26. The van der Waals surface area contributed by atoms with Crippen LogP contribution in [0.1, 0.15) is 56.1 Å². The molecular formula is C19H23NO3. The van der Waals surface area contributed by atoms with Crippen LogP contribution < -0.4 is 5.32 Å². The molecule has 4 heteroatoms. The van der Waals surface area contributed by atoms with E-state index >= 15 is 0 Å². The molecule has 0 radical (unpaired) electrons. The zero-order valence-corrected chi connectivity index (χ0v) is 13.5. The van der Waals surface area contributed by atoms with Crippen LogP contribution in [0.15, 0.2) is 18.2 Å². The maximum atomic E-state index is 12.3. The van der Waals surface area contributed by atoms with E-state index in [1.54, 1.807) is 0 Å². The van der Waals surface area contributed by atoms with Crippen molar-refractivity contribution in [3.05, 3.63) is 29.3 Å². The summed E-state index contributed by atoms with van der Waals surface area (Å²) in [7, 11) is 0. The number of carboxylic acid groups (broad SMARTS) is 1. The molecule has 3 aliphatic carbocycles. The van der Waals surface area contributed by atoms with Crippen LogP contribution in [-0.2, 0) is 11.2 Å². The third kappa shape index (κ3) is 2.19. The number of nitrogens with one attached hydrogen (secondary N) is 1. The summed E-state index contributed by atoms with van der Waals surface area (Å²) in [5.41, 5.74) is 3.25. The van der Waals surface area contributed by atoms with Gasteiger partial charge < -0.3 is 5.11 Å². The Hall–Kier alpha value is -1.84. The number of anilines is 1. The van der Waals surface area contributed by atoms with E-state index in [0.717, 1.165) is 38.5 Å². The number of carbonyl (C=O) groups excluding carboxylic acids is 1. The molecule has 4 atom stereocenters. The molecule has 23 heavy (non-hydrogen) atoms. The summed E-state index contributed by atoms with van der Waals surface area (Å²) in [4.78, 5) is 23.1. The van der Waals surface area contributed by atoms with E-state index < -0.39 is 6.09 Å². The summed E-state index contributed by atoms with van der Waals surface area (Å²) in [6.07, 6.45) is 5.02. The molecule has 0 aliphatic heterocycles. The summed E-state index contributed by atoms with van der Waals surface area (Å²) in [5, 5.41) is 11.3. The monoisotopic (exact) mass is 313 g/mol. The molecule has 2 N–H and O–H groups in total. The second-order valence-electron chi connectivity index (χ2n) is 7.68. The van der Waals surface area contributed by atoms with Crippen LogP contribution in [0.3, 0.4) is 0 Å². The van der Waals surface area contributed by atoms with Crippen LogP contribution in [0.4, 0.5) is 10.5 Å². The summed E-state index contributed by atoms with van der Waals surface area (Å²) in [5.74, 6) is 2.18. The fourth-order valence-electron chi connectivity index (χ4n) is 5.55. The van der Waals surface area contributed by atoms with E-state index in [9.17, 15) is 9.59 Å². The van der Waals surface area contributed by atoms with Gasteiger partial charge in [-0.3, -0.25) is 10.1 Å². The van der Waals surface area contributed by atoms with Gasteiger partial charge in [0, 0.05) is 17.5 Å². The molecule has 2 fully saturated rings. The summed E-state index contributed by atoms with van der Waals surface area (Å²) in [6, 6.07) is 5.98. The van der Waals surface area contributed by atoms with E-state index in [1.165, 1.54) is 11.1 Å². The van der Waals surface area contributed by atoms with Crippen molar-refractivity contribution in [3.63, 3.8) is 0 Å². The molecule has 0 heterocycles. The van der Waals surface area contributed by atoms with Gasteiger partial charge in [0.1, 0.15) is 5.78 Å². The van der Waals surface area contributed by atoms with Crippen molar-refractivity contribution in [2.75, 3.05) is 5.32 Å². The number of benzene rings is 1. The lowest BCUT2D eigenvalue weighted by atomic mass is 9.55. The number of Topliss-reactive ketones (excluding diaryl/α,β-unsaturated/α-hetero) is 1. The van der Waals surface area contributed by atoms with Gasteiger partial charge in [0.25, 0.3) is 0 Å². The van der Waals surface area contributed by atoms with E-state index in [-0.39, 0.29) is 5.41 Å². The highest BCUT2D eigenvalue weighted by Crippen LogP contribution is 2.59. The van der Waals surface area contributed by atoms with Crippen molar-refractivity contribution < 1.29 is 14.7 Å². The third-order valence-corrected chi connectivity index (χ3v) is 6.69. The van der Waals surface area contributed by atoms with Gasteiger partial charge in [0.05, 0.1) is 0 Å². The number of aryl methyl sites for hydroxylation is 1. The lowest BCUT2D eigenvalue weighted by Gasteiger charge is -2.48. The molecule has 2 saturated carbocycles. The van der Waals surface area contributed by atoms with Crippen molar-refractivity contribution in [3.8, 4) is 0 Å². The molecule has 0 unspecified atom stereocenters. The third-order valence-electron chi connectivity index (χ3n) is 6.69. The topological polar surface area (TPSA) is 66.4 Å². The molecular weight excluding hydrogens is 290 g/mol. The summed E-state index contributed by atoms with van der Waals surface area (Å²) >= 11 is 0. The number of carbonyl (C=O) groups is 2. The lowest BCUT2D eigenvalue weighted by Crippen LogP contribution is -2.42. The average molecular weight is 313 g/mol. The highest BCUT2D eigenvalue weighted by molar-refractivity contribution is 5.87. The predicted octanol–water partition coefficient (Wildman–Crippen LogP) is 4.20. The van der Waals surface area contributed by atoms with E-state index in [1.807, 2.05) is 12.1 Å². The van der Waals surface area contributed by atoms with Gasteiger partial charge in [-0.2, -0.15) is 0 Å². The molecule has 4 nitrogen and oxygen atoms in total. The maximum absolute atomic E-state index is 12.3. The predicted molar refractivity (Wildman–Crippen MR) is 87.7 cm³/mol. The van der Waals surface area contributed by atoms with E-state index in [0.29, 0.717) is 29.2 Å². The largest absolute Gasteiger partial charge is 0.465 e. The van der Waals surface area contributed by atoms with Crippen LogP contribution in [0.2, 0.25) is 0 Å². The molecule has 4 rings (SSSR count). The first-order chi connectivity index (χ1) is 11.0. The van der Waals surface area contributed by atoms with E-state index in [4.69, 9.17) is 5.11 Å². The average Bonchev–Trinajstić information content (AvgIpc) is 2.82. The zero-order chi connectivity index (χ0) is 16.2. The Morgan fingerprint density at radius 1 is 1.26 bits per heavy atom. The molecule has 122 valence electrons. The Morgan fingerprint density at radius 3 is 2.87 bits per heavy atom. The first-order valence-electron chi connectivity index (χ1n) is 8.65. The molecule has 0 aromatic heterocycles. The van der Waals surface area contributed by atoms with Crippen molar-refractivity contribution in [2.45, 2.75) is 51.4 Å². The highest BCUT2D eigenvalue weighted by atomic mass is 16.4. The van der Waals surface area contributed by atoms with Crippen molar-refractivity contribution >= 4 is 17.6 Å². The minimum Gasteiger partial charge on any atom is -0.465 e. The smallest absolute Gasteiger partial charge is 0.409 e. The molecule has 1 aromatic rings. The molecule has 1 amide bonds. The second kappa shape index (κ2) is 5.08. The van der Waals surface area contributed by atoms with Crippen molar-refractivity contribution in [1.82, 2.24) is 0 Å². The normalized spacial score (nSPS) is 35.2. The number of fused-ring (bicyclic) bond motifs is 5. The van der Waals surface area contributed by atoms with Gasteiger partial charge in [0.2, 0.25) is 0 Å². The first kappa shape index (κ1) is 14.7. The minimum absolute atomic E-state index is 0.0799. The second-order valence-corrected chi connectivity index (χ2v) is 7.68. The molecule has 0 bridgehead atoms. The highest BCUT2D eigenvalue weighted by Gasteiger charge is 2.54. The lowest BCUT2D eigenvalue weighted by molar-refractivity contribution is -0.129. The Bertz CT molecular complexity index is 683. The number of hydrogen-bond acceptors (Lipinski definition) is 2. The standard InChI is InChI=1S/C19H23NO3/c1-19-9-8-14-13-5-3-12(20-18(22)23)10-11(13)2-4-15(14)16(19)6-7-17(19)21/h3,5,10,14-16,20H,2,4,6-9H2,1H3,(H,22,23)/t14-,15-,16+,19+/m1/s1. The minimum atomic E-state index is -1.02. The number of ketones is 1.